The van der Waals surface area contributed by atoms with Crippen LogP contribution in [-0.4, -0.2) is 24.3 Å². The molecule has 0 radical (unpaired) electrons. The monoisotopic (exact) mass is 415 g/mol. The lowest BCUT2D eigenvalue weighted by Gasteiger charge is -2.18. The van der Waals surface area contributed by atoms with Crippen LogP contribution in [0.15, 0.2) is 46.9 Å². The number of anilines is 2. The van der Waals surface area contributed by atoms with Crippen LogP contribution in [0.1, 0.15) is 22.3 Å². The maximum absolute atomic E-state index is 12.7. The van der Waals surface area contributed by atoms with E-state index in [4.69, 9.17) is 5.73 Å². The highest BCUT2D eigenvalue weighted by atomic mass is 79.9. The van der Waals surface area contributed by atoms with Gasteiger partial charge in [0.1, 0.15) is 5.92 Å². The Hall–Kier alpha value is -2.67. The second-order valence-electron chi connectivity index (χ2n) is 6.17. The van der Waals surface area contributed by atoms with Crippen LogP contribution in [0.2, 0.25) is 0 Å². The van der Waals surface area contributed by atoms with E-state index in [0.717, 1.165) is 10.2 Å². The predicted molar refractivity (Wildman–Crippen MR) is 103 cm³/mol. The third kappa shape index (κ3) is 3.48. The molecule has 6 nitrogen and oxygen atoms in total. The van der Waals surface area contributed by atoms with E-state index in [1.807, 2.05) is 24.3 Å². The van der Waals surface area contributed by atoms with Crippen molar-refractivity contribution in [3.63, 3.8) is 0 Å². The zero-order valence-electron chi connectivity index (χ0n) is 14.2. The highest BCUT2D eigenvalue weighted by Gasteiger charge is 2.38. The lowest BCUT2D eigenvalue weighted by Crippen LogP contribution is -2.33. The molecular weight excluding hydrogens is 398 g/mol. The summed E-state index contributed by atoms with van der Waals surface area (Å²) in [6.45, 7) is 2.23. The van der Waals surface area contributed by atoms with Gasteiger partial charge in [0.25, 0.3) is 0 Å². The molecule has 0 saturated carbocycles. The number of aryl methyl sites for hydroxylation is 1. The molecule has 2 aromatic carbocycles. The van der Waals surface area contributed by atoms with E-state index in [1.54, 1.807) is 30.0 Å². The van der Waals surface area contributed by atoms with Gasteiger partial charge in [-0.1, -0.05) is 12.1 Å². The van der Waals surface area contributed by atoms with E-state index in [2.05, 4.69) is 21.2 Å². The SMILES string of the molecule is Cc1cc(NC(=O)C2CCN(c3ccccc3Br)C2=O)ccc1C(N)=O. The first-order valence-corrected chi connectivity index (χ1v) is 8.95. The lowest BCUT2D eigenvalue weighted by atomic mass is 10.1. The van der Waals surface area contributed by atoms with Gasteiger partial charge in [-0.05, 0) is 65.2 Å². The smallest absolute Gasteiger partial charge is 0.248 e. The van der Waals surface area contributed by atoms with Crippen molar-refractivity contribution >= 4 is 45.0 Å². The summed E-state index contributed by atoms with van der Waals surface area (Å²) in [6.07, 6.45) is 0.449. The topological polar surface area (TPSA) is 92.5 Å². The summed E-state index contributed by atoms with van der Waals surface area (Å²) in [4.78, 5) is 38.1. The fourth-order valence-electron chi connectivity index (χ4n) is 3.08. The molecule has 0 aromatic heterocycles. The average molecular weight is 416 g/mol. The summed E-state index contributed by atoms with van der Waals surface area (Å²) in [7, 11) is 0. The van der Waals surface area contributed by atoms with Crippen LogP contribution in [0.5, 0.6) is 0 Å². The van der Waals surface area contributed by atoms with E-state index in [0.29, 0.717) is 29.8 Å². The van der Waals surface area contributed by atoms with Gasteiger partial charge in [0, 0.05) is 22.3 Å². The Kier molecular flexibility index (Phi) is 5.08. The molecule has 2 aromatic rings. The normalized spacial score (nSPS) is 16.6. The molecule has 3 rings (SSSR count). The highest BCUT2D eigenvalue weighted by molar-refractivity contribution is 9.10. The Morgan fingerprint density at radius 2 is 1.96 bits per heavy atom. The Morgan fingerprint density at radius 1 is 1.23 bits per heavy atom. The number of rotatable bonds is 4. The molecule has 1 unspecified atom stereocenters. The molecule has 7 heteroatoms. The number of primary amides is 1. The molecule has 0 spiro atoms. The fraction of sp³-hybridized carbons (Fsp3) is 0.211. The van der Waals surface area contributed by atoms with Crippen LogP contribution in [0.3, 0.4) is 0 Å². The van der Waals surface area contributed by atoms with Crippen molar-refractivity contribution in [2.45, 2.75) is 13.3 Å². The average Bonchev–Trinajstić information content (AvgIpc) is 2.96. The lowest BCUT2D eigenvalue weighted by molar-refractivity contribution is -0.129. The zero-order valence-corrected chi connectivity index (χ0v) is 15.7. The third-order valence-corrected chi connectivity index (χ3v) is 5.10. The van der Waals surface area contributed by atoms with Crippen LogP contribution >= 0.6 is 15.9 Å². The Balaban J connectivity index is 1.73. The molecule has 1 fully saturated rings. The molecule has 134 valence electrons. The number of nitrogens with two attached hydrogens (primary N) is 1. The van der Waals surface area contributed by atoms with Crippen molar-refractivity contribution in [2.24, 2.45) is 11.7 Å². The fourth-order valence-corrected chi connectivity index (χ4v) is 3.58. The maximum Gasteiger partial charge on any atom is 0.248 e. The minimum atomic E-state index is -0.738. The first-order chi connectivity index (χ1) is 12.4. The van der Waals surface area contributed by atoms with Crippen molar-refractivity contribution < 1.29 is 14.4 Å². The van der Waals surface area contributed by atoms with E-state index in [9.17, 15) is 14.4 Å². The third-order valence-electron chi connectivity index (χ3n) is 4.42. The number of nitrogens with zero attached hydrogens (tertiary/aromatic N) is 1. The van der Waals surface area contributed by atoms with E-state index in [-0.39, 0.29) is 11.8 Å². The van der Waals surface area contributed by atoms with Crippen molar-refractivity contribution in [3.05, 3.63) is 58.1 Å². The van der Waals surface area contributed by atoms with Crippen LogP contribution in [0, 0.1) is 12.8 Å². The van der Waals surface area contributed by atoms with Gasteiger partial charge in [-0.2, -0.15) is 0 Å². The molecule has 0 aliphatic carbocycles. The second kappa shape index (κ2) is 7.29. The number of amides is 3. The van der Waals surface area contributed by atoms with Crippen LogP contribution < -0.4 is 16.0 Å². The molecule has 1 heterocycles. The molecule has 1 aliphatic heterocycles. The minimum absolute atomic E-state index is 0.222. The molecule has 1 aliphatic rings. The Labute approximate surface area is 159 Å². The number of nitrogens with one attached hydrogen (secondary N) is 1. The molecule has 1 atom stereocenters. The van der Waals surface area contributed by atoms with Gasteiger partial charge >= 0.3 is 0 Å². The first kappa shape index (κ1) is 18.1. The van der Waals surface area contributed by atoms with Crippen molar-refractivity contribution in [2.75, 3.05) is 16.8 Å². The summed E-state index contributed by atoms with van der Waals surface area (Å²) >= 11 is 3.44. The molecule has 3 N–H and O–H groups in total. The van der Waals surface area contributed by atoms with Gasteiger partial charge in [0.2, 0.25) is 17.7 Å². The van der Waals surface area contributed by atoms with E-state index >= 15 is 0 Å². The highest BCUT2D eigenvalue weighted by Crippen LogP contribution is 2.31. The number of hydrogen-bond donors (Lipinski definition) is 2. The number of carbonyl (C=O) groups is 3. The Morgan fingerprint density at radius 3 is 2.62 bits per heavy atom. The number of benzene rings is 2. The maximum atomic E-state index is 12.7. The van der Waals surface area contributed by atoms with Crippen LogP contribution in [-0.2, 0) is 9.59 Å². The summed E-state index contributed by atoms with van der Waals surface area (Å²) in [5, 5.41) is 2.76. The summed E-state index contributed by atoms with van der Waals surface area (Å²) in [5.41, 5.74) is 7.65. The second-order valence-corrected chi connectivity index (χ2v) is 7.02. The summed E-state index contributed by atoms with van der Waals surface area (Å²) in [6, 6.07) is 12.3. The van der Waals surface area contributed by atoms with Gasteiger partial charge in [-0.15, -0.1) is 0 Å². The van der Waals surface area contributed by atoms with Gasteiger partial charge in [-0.25, -0.2) is 0 Å². The zero-order chi connectivity index (χ0) is 18.8. The van der Waals surface area contributed by atoms with Gasteiger partial charge in [0.15, 0.2) is 0 Å². The Bertz CT molecular complexity index is 897. The van der Waals surface area contributed by atoms with Gasteiger partial charge in [-0.3, -0.25) is 14.4 Å². The van der Waals surface area contributed by atoms with Gasteiger partial charge < -0.3 is 16.0 Å². The number of halogens is 1. The molecule has 26 heavy (non-hydrogen) atoms. The predicted octanol–water partition coefficient (Wildman–Crippen LogP) is 2.85. The van der Waals surface area contributed by atoms with Crippen molar-refractivity contribution in [3.8, 4) is 0 Å². The molecule has 3 amide bonds. The van der Waals surface area contributed by atoms with E-state index in [1.165, 1.54) is 0 Å². The van der Waals surface area contributed by atoms with Crippen LogP contribution in [0.25, 0.3) is 0 Å². The van der Waals surface area contributed by atoms with Crippen LogP contribution in [0.4, 0.5) is 11.4 Å². The minimum Gasteiger partial charge on any atom is -0.366 e. The van der Waals surface area contributed by atoms with E-state index < -0.39 is 11.8 Å². The molecule has 1 saturated heterocycles. The van der Waals surface area contributed by atoms with Gasteiger partial charge in [0.05, 0.1) is 5.69 Å². The molecule has 0 bridgehead atoms. The van der Waals surface area contributed by atoms with Crippen molar-refractivity contribution in [1.82, 2.24) is 0 Å². The quantitative estimate of drug-likeness (QED) is 0.751. The summed E-state index contributed by atoms with van der Waals surface area (Å²) in [5.74, 6) is -1.83. The number of para-hydroxylation sites is 1. The largest absolute Gasteiger partial charge is 0.366 e. The standard InChI is InChI=1S/C19H18BrN3O3/c1-11-10-12(6-7-13(11)17(21)24)22-18(25)14-8-9-23(19(14)26)16-5-3-2-4-15(16)20/h2-7,10,14H,8-9H2,1H3,(H2,21,24)(H,22,25). The summed E-state index contributed by atoms with van der Waals surface area (Å²) < 4.78 is 0.812. The van der Waals surface area contributed by atoms with Crippen molar-refractivity contribution in [1.29, 1.82) is 0 Å². The number of carbonyl (C=O) groups excluding carboxylic acids is 3. The number of hydrogen-bond acceptors (Lipinski definition) is 3. The first-order valence-electron chi connectivity index (χ1n) is 8.15. The molecular formula is C19H18BrN3O3.